The first kappa shape index (κ1) is 9.73. The Balaban J connectivity index is 2.64. The van der Waals surface area contributed by atoms with Crippen LogP contribution in [-0.2, 0) is 6.42 Å². The molecule has 3 N–H and O–H groups in total. The summed E-state index contributed by atoms with van der Waals surface area (Å²) in [4.78, 5) is 17.2. The van der Waals surface area contributed by atoms with Crippen molar-refractivity contribution in [2.24, 2.45) is 0 Å². The first-order valence-corrected chi connectivity index (χ1v) is 4.08. The third kappa shape index (κ3) is 2.55. The zero-order valence-corrected chi connectivity index (χ0v) is 7.66. The van der Waals surface area contributed by atoms with Gasteiger partial charge in [0.2, 0.25) is 0 Å². The van der Waals surface area contributed by atoms with Gasteiger partial charge in [-0.15, -0.1) is 0 Å². The Labute approximate surface area is 76.2 Å². The predicted molar refractivity (Wildman–Crippen MR) is 47.8 cm³/mol. The van der Waals surface area contributed by atoms with E-state index in [-0.39, 0.29) is 11.7 Å². The molecule has 0 spiro atoms. The molecule has 0 amide bonds. The van der Waals surface area contributed by atoms with Gasteiger partial charge in [0.1, 0.15) is 11.5 Å². The number of nitrogens with one attached hydrogen (secondary N) is 2. The van der Waals surface area contributed by atoms with E-state index in [2.05, 4.69) is 15.3 Å². The average Bonchev–Trinajstić information content (AvgIpc) is 2.52. The number of hydrogen-bond acceptors (Lipinski definition) is 3. The van der Waals surface area contributed by atoms with E-state index in [0.29, 0.717) is 12.2 Å². The summed E-state index contributed by atoms with van der Waals surface area (Å²) in [5.41, 5.74) is 0.137. The van der Waals surface area contributed by atoms with E-state index in [4.69, 9.17) is 5.11 Å². The number of carboxylic acid groups (broad SMARTS) is 1. The van der Waals surface area contributed by atoms with Crippen molar-refractivity contribution in [1.82, 2.24) is 15.3 Å². The minimum absolute atomic E-state index is 0.137. The number of carbonyl (C=O) groups is 1. The number of aromatic amines is 1. The van der Waals surface area contributed by atoms with E-state index in [9.17, 15) is 4.79 Å². The van der Waals surface area contributed by atoms with Crippen molar-refractivity contribution >= 4 is 5.97 Å². The number of hydrogen-bond donors (Lipinski definition) is 3. The number of imidazole rings is 1. The number of likely N-dealkylation sites (N-methyl/N-ethyl adjacent to an activating group) is 1. The fourth-order valence-electron chi connectivity index (χ4n) is 0.967. The van der Waals surface area contributed by atoms with Crippen molar-refractivity contribution in [1.29, 1.82) is 0 Å². The molecule has 0 aliphatic heterocycles. The maximum Gasteiger partial charge on any atom is 0.353 e. The van der Waals surface area contributed by atoms with E-state index >= 15 is 0 Å². The monoisotopic (exact) mass is 183 g/mol. The van der Waals surface area contributed by atoms with Crippen LogP contribution in [0.5, 0.6) is 0 Å². The van der Waals surface area contributed by atoms with Gasteiger partial charge in [-0.05, 0) is 14.0 Å². The molecule has 1 aromatic heterocycles. The molecular weight excluding hydrogens is 170 g/mol. The number of nitrogens with zero attached hydrogens (tertiary/aromatic N) is 1. The molecule has 0 aliphatic carbocycles. The van der Waals surface area contributed by atoms with E-state index in [1.54, 1.807) is 0 Å². The minimum atomic E-state index is -0.976. The SMILES string of the molecule is CNC(C)Cc1ncc(C(=O)O)[nH]1. The highest BCUT2D eigenvalue weighted by molar-refractivity contribution is 5.84. The van der Waals surface area contributed by atoms with Gasteiger partial charge in [0.15, 0.2) is 0 Å². The summed E-state index contributed by atoms with van der Waals surface area (Å²) < 4.78 is 0. The van der Waals surface area contributed by atoms with Crippen molar-refractivity contribution in [3.63, 3.8) is 0 Å². The molecule has 0 aliphatic rings. The van der Waals surface area contributed by atoms with Crippen LogP contribution in [0.1, 0.15) is 23.2 Å². The summed E-state index contributed by atoms with van der Waals surface area (Å²) >= 11 is 0. The maximum absolute atomic E-state index is 10.5. The summed E-state index contributed by atoms with van der Waals surface area (Å²) in [5, 5.41) is 11.6. The zero-order chi connectivity index (χ0) is 9.84. The number of rotatable bonds is 4. The Morgan fingerprint density at radius 3 is 3.00 bits per heavy atom. The number of H-pyrrole nitrogens is 1. The Kier molecular flexibility index (Phi) is 3.02. The van der Waals surface area contributed by atoms with Crippen LogP contribution in [0, 0.1) is 0 Å². The van der Waals surface area contributed by atoms with Crippen molar-refractivity contribution in [3.8, 4) is 0 Å². The normalized spacial score (nSPS) is 12.8. The molecule has 0 saturated heterocycles. The lowest BCUT2D eigenvalue weighted by molar-refractivity contribution is 0.0691. The molecule has 1 rings (SSSR count). The first-order valence-electron chi connectivity index (χ1n) is 4.08. The Hall–Kier alpha value is -1.36. The first-order chi connectivity index (χ1) is 6.13. The minimum Gasteiger partial charge on any atom is -0.477 e. The summed E-state index contributed by atoms with van der Waals surface area (Å²) in [6.07, 6.45) is 2.03. The van der Waals surface area contributed by atoms with Gasteiger partial charge in [0, 0.05) is 12.5 Å². The third-order valence-corrected chi connectivity index (χ3v) is 1.85. The molecule has 1 aromatic rings. The van der Waals surface area contributed by atoms with Crippen molar-refractivity contribution in [2.45, 2.75) is 19.4 Å². The Morgan fingerprint density at radius 1 is 1.85 bits per heavy atom. The van der Waals surface area contributed by atoms with Crippen LogP contribution in [0.2, 0.25) is 0 Å². The highest BCUT2D eigenvalue weighted by Crippen LogP contribution is 2.00. The predicted octanol–water partition coefficient (Wildman–Crippen LogP) is 0.258. The fourth-order valence-corrected chi connectivity index (χ4v) is 0.967. The summed E-state index contributed by atoms with van der Waals surface area (Å²) in [6.45, 7) is 2.00. The smallest absolute Gasteiger partial charge is 0.353 e. The summed E-state index contributed by atoms with van der Waals surface area (Å²) in [6, 6.07) is 0.285. The van der Waals surface area contributed by atoms with Crippen LogP contribution in [0.25, 0.3) is 0 Å². The Bertz CT molecular complexity index is 295. The molecule has 5 heteroatoms. The molecule has 0 aromatic carbocycles. The molecule has 13 heavy (non-hydrogen) atoms. The number of aromatic nitrogens is 2. The van der Waals surface area contributed by atoms with Gasteiger partial charge in [-0.1, -0.05) is 0 Å². The molecule has 72 valence electrons. The number of aromatic carboxylic acids is 1. The van der Waals surface area contributed by atoms with Gasteiger partial charge in [0.05, 0.1) is 6.20 Å². The lowest BCUT2D eigenvalue weighted by Gasteiger charge is -2.06. The summed E-state index contributed by atoms with van der Waals surface area (Å²) in [5.74, 6) is -0.282. The van der Waals surface area contributed by atoms with Gasteiger partial charge in [0.25, 0.3) is 0 Å². The molecule has 1 atom stereocenters. The van der Waals surface area contributed by atoms with Crippen LogP contribution in [0.4, 0.5) is 0 Å². The molecule has 1 unspecified atom stereocenters. The van der Waals surface area contributed by atoms with Crippen LogP contribution < -0.4 is 5.32 Å². The van der Waals surface area contributed by atoms with Gasteiger partial charge in [-0.3, -0.25) is 0 Å². The van der Waals surface area contributed by atoms with Gasteiger partial charge in [-0.2, -0.15) is 0 Å². The fraction of sp³-hybridized carbons (Fsp3) is 0.500. The van der Waals surface area contributed by atoms with E-state index < -0.39 is 5.97 Å². The van der Waals surface area contributed by atoms with Crippen molar-refractivity contribution in [2.75, 3.05) is 7.05 Å². The largest absolute Gasteiger partial charge is 0.477 e. The molecule has 1 heterocycles. The second-order valence-corrected chi connectivity index (χ2v) is 2.94. The van der Waals surface area contributed by atoms with Crippen LogP contribution in [0.3, 0.4) is 0 Å². The molecule has 0 fully saturated rings. The van der Waals surface area contributed by atoms with E-state index in [1.165, 1.54) is 6.20 Å². The lowest BCUT2D eigenvalue weighted by atomic mass is 10.2. The average molecular weight is 183 g/mol. The second-order valence-electron chi connectivity index (χ2n) is 2.94. The highest BCUT2D eigenvalue weighted by Gasteiger charge is 2.08. The van der Waals surface area contributed by atoms with E-state index in [1.807, 2.05) is 14.0 Å². The van der Waals surface area contributed by atoms with Gasteiger partial charge in [-0.25, -0.2) is 9.78 Å². The van der Waals surface area contributed by atoms with Crippen LogP contribution in [0.15, 0.2) is 6.20 Å². The van der Waals surface area contributed by atoms with Crippen LogP contribution in [-0.4, -0.2) is 34.1 Å². The Morgan fingerprint density at radius 2 is 2.54 bits per heavy atom. The summed E-state index contributed by atoms with van der Waals surface area (Å²) in [7, 11) is 1.85. The lowest BCUT2D eigenvalue weighted by Crippen LogP contribution is -2.24. The molecule has 0 radical (unpaired) electrons. The third-order valence-electron chi connectivity index (χ3n) is 1.85. The zero-order valence-electron chi connectivity index (χ0n) is 7.66. The molecule has 0 saturated carbocycles. The molecule has 0 bridgehead atoms. The quantitative estimate of drug-likeness (QED) is 0.625. The van der Waals surface area contributed by atoms with Crippen molar-refractivity contribution in [3.05, 3.63) is 17.7 Å². The number of carboxylic acids is 1. The van der Waals surface area contributed by atoms with Gasteiger partial charge >= 0.3 is 5.97 Å². The molecule has 5 nitrogen and oxygen atoms in total. The standard InChI is InChI=1S/C8H13N3O2/c1-5(9-2)3-7-10-4-6(11-7)8(12)13/h4-5,9H,3H2,1-2H3,(H,10,11)(H,12,13). The van der Waals surface area contributed by atoms with Gasteiger partial charge < -0.3 is 15.4 Å². The molecular formula is C8H13N3O2. The topological polar surface area (TPSA) is 78.0 Å². The highest BCUT2D eigenvalue weighted by atomic mass is 16.4. The van der Waals surface area contributed by atoms with E-state index in [0.717, 1.165) is 0 Å². The van der Waals surface area contributed by atoms with Crippen LogP contribution >= 0.6 is 0 Å². The second kappa shape index (κ2) is 4.04. The maximum atomic E-state index is 10.5. The van der Waals surface area contributed by atoms with Crippen molar-refractivity contribution < 1.29 is 9.90 Å².